The molecule has 0 aliphatic rings. The number of carbonyl (C=O) groups is 1. The summed E-state index contributed by atoms with van der Waals surface area (Å²) in [5.41, 5.74) is 2.09. The van der Waals surface area contributed by atoms with E-state index in [1.54, 1.807) is 0 Å². The fourth-order valence-electron chi connectivity index (χ4n) is 1.99. The Morgan fingerprint density at radius 3 is 2.60 bits per heavy atom. The highest BCUT2D eigenvalue weighted by Crippen LogP contribution is 2.30. The molecule has 0 atom stereocenters. The fraction of sp³-hybridized carbons (Fsp3) is 0.467. The molecule has 2 N–H and O–H groups in total. The minimum absolute atomic E-state index is 0.0217. The monoisotopic (exact) mass is 275 g/mol. The second kappa shape index (κ2) is 5.15. The third-order valence-corrected chi connectivity index (χ3v) is 2.88. The normalized spacial score (nSPS) is 11.7. The van der Waals surface area contributed by atoms with Crippen molar-refractivity contribution < 1.29 is 9.21 Å². The average molecular weight is 275 g/mol. The van der Waals surface area contributed by atoms with Gasteiger partial charge in [0.05, 0.1) is 11.4 Å². The predicted molar refractivity (Wildman–Crippen MR) is 78.5 cm³/mol. The number of hydrogen-bond donors (Lipinski definition) is 2. The molecule has 2 rings (SSSR count). The van der Waals surface area contributed by atoms with Crippen molar-refractivity contribution in [3.05, 3.63) is 23.6 Å². The van der Waals surface area contributed by atoms with E-state index in [-0.39, 0.29) is 11.3 Å². The smallest absolute Gasteiger partial charge is 0.225 e. The van der Waals surface area contributed by atoms with Gasteiger partial charge in [-0.05, 0) is 31.4 Å². The number of carbonyl (C=O) groups excluding carboxylic acids is 1. The summed E-state index contributed by atoms with van der Waals surface area (Å²) in [5, 5.41) is 10.0. The number of anilines is 1. The van der Waals surface area contributed by atoms with E-state index in [9.17, 15) is 4.79 Å². The van der Waals surface area contributed by atoms with Gasteiger partial charge in [0.1, 0.15) is 5.76 Å². The largest absolute Gasteiger partial charge is 0.460 e. The standard InChI is InChI=1S/C15H21N3O2/c1-9-6-7-11(20-9)14-13(10(2)17-18-14)16-12(19)8-15(3,4)5/h6-7H,8H2,1-5H3,(H,16,19)(H,17,18). The Labute approximate surface area is 118 Å². The molecule has 0 radical (unpaired) electrons. The third-order valence-electron chi connectivity index (χ3n) is 2.88. The van der Waals surface area contributed by atoms with Crippen LogP contribution in [0.3, 0.4) is 0 Å². The first-order valence-electron chi connectivity index (χ1n) is 6.68. The van der Waals surface area contributed by atoms with Crippen molar-refractivity contribution in [3.8, 4) is 11.5 Å². The van der Waals surface area contributed by atoms with Crippen molar-refractivity contribution in [3.63, 3.8) is 0 Å². The van der Waals surface area contributed by atoms with Gasteiger partial charge < -0.3 is 9.73 Å². The van der Waals surface area contributed by atoms with Gasteiger partial charge in [-0.2, -0.15) is 5.10 Å². The summed E-state index contributed by atoms with van der Waals surface area (Å²) in [5.74, 6) is 1.44. The SMILES string of the molecule is Cc1ccc(-c2n[nH]c(C)c2NC(=O)CC(C)(C)C)o1. The molecule has 2 aromatic heterocycles. The third kappa shape index (κ3) is 3.29. The van der Waals surface area contributed by atoms with Crippen molar-refractivity contribution in [2.24, 2.45) is 5.41 Å². The number of aryl methyl sites for hydroxylation is 2. The van der Waals surface area contributed by atoms with E-state index < -0.39 is 0 Å². The number of aromatic nitrogens is 2. The quantitative estimate of drug-likeness (QED) is 0.898. The summed E-state index contributed by atoms with van der Waals surface area (Å²) >= 11 is 0. The Morgan fingerprint density at radius 2 is 2.05 bits per heavy atom. The molecule has 0 aromatic carbocycles. The van der Waals surface area contributed by atoms with Crippen LogP contribution in [-0.2, 0) is 4.79 Å². The molecular formula is C15H21N3O2. The van der Waals surface area contributed by atoms with Crippen LogP contribution in [0.2, 0.25) is 0 Å². The Morgan fingerprint density at radius 1 is 1.35 bits per heavy atom. The molecule has 20 heavy (non-hydrogen) atoms. The van der Waals surface area contributed by atoms with Crippen molar-refractivity contribution in [2.45, 2.75) is 41.0 Å². The molecule has 0 saturated carbocycles. The zero-order valence-corrected chi connectivity index (χ0v) is 12.6. The number of aromatic amines is 1. The van der Waals surface area contributed by atoms with Crippen LogP contribution in [0.4, 0.5) is 5.69 Å². The molecule has 0 spiro atoms. The molecule has 108 valence electrons. The number of nitrogens with zero attached hydrogens (tertiary/aromatic N) is 1. The number of furan rings is 1. The fourth-order valence-corrected chi connectivity index (χ4v) is 1.99. The van der Waals surface area contributed by atoms with Gasteiger partial charge in [-0.3, -0.25) is 9.89 Å². The van der Waals surface area contributed by atoms with Gasteiger partial charge in [-0.1, -0.05) is 20.8 Å². The number of nitrogens with one attached hydrogen (secondary N) is 2. The number of amides is 1. The zero-order valence-electron chi connectivity index (χ0n) is 12.6. The predicted octanol–water partition coefficient (Wildman–Crippen LogP) is 3.66. The van der Waals surface area contributed by atoms with E-state index in [0.717, 1.165) is 11.5 Å². The van der Waals surface area contributed by atoms with Crippen molar-refractivity contribution in [1.29, 1.82) is 0 Å². The van der Waals surface area contributed by atoms with Crippen LogP contribution in [0.25, 0.3) is 11.5 Å². The summed E-state index contributed by atoms with van der Waals surface area (Å²) in [4.78, 5) is 12.1. The molecule has 2 heterocycles. The topological polar surface area (TPSA) is 70.9 Å². The maximum absolute atomic E-state index is 12.1. The summed E-state index contributed by atoms with van der Waals surface area (Å²) in [6.45, 7) is 9.85. The Hall–Kier alpha value is -2.04. The van der Waals surface area contributed by atoms with E-state index in [1.807, 2.05) is 46.8 Å². The van der Waals surface area contributed by atoms with Crippen LogP contribution in [0.1, 0.15) is 38.6 Å². The van der Waals surface area contributed by atoms with Gasteiger partial charge in [0.25, 0.3) is 0 Å². The van der Waals surface area contributed by atoms with Crippen molar-refractivity contribution in [2.75, 3.05) is 5.32 Å². The number of hydrogen-bond acceptors (Lipinski definition) is 3. The van der Waals surface area contributed by atoms with Crippen LogP contribution >= 0.6 is 0 Å². The van der Waals surface area contributed by atoms with E-state index in [2.05, 4.69) is 15.5 Å². The van der Waals surface area contributed by atoms with Crippen molar-refractivity contribution in [1.82, 2.24) is 10.2 Å². The first kappa shape index (κ1) is 14.4. The summed E-state index contributed by atoms with van der Waals surface area (Å²) < 4.78 is 5.57. The molecule has 5 heteroatoms. The Bertz CT molecular complexity index is 617. The number of rotatable bonds is 3. The maximum atomic E-state index is 12.1. The summed E-state index contributed by atoms with van der Waals surface area (Å²) in [7, 11) is 0. The van der Waals surface area contributed by atoms with Crippen LogP contribution in [-0.4, -0.2) is 16.1 Å². The van der Waals surface area contributed by atoms with Gasteiger partial charge >= 0.3 is 0 Å². The Kier molecular flexibility index (Phi) is 3.70. The zero-order chi connectivity index (χ0) is 14.9. The van der Waals surface area contributed by atoms with E-state index in [0.29, 0.717) is 23.6 Å². The average Bonchev–Trinajstić information content (AvgIpc) is 2.84. The molecule has 0 aliphatic heterocycles. The van der Waals surface area contributed by atoms with E-state index >= 15 is 0 Å². The second-order valence-electron chi connectivity index (χ2n) is 6.27. The van der Waals surface area contributed by atoms with Gasteiger partial charge in [0.15, 0.2) is 11.5 Å². The first-order valence-corrected chi connectivity index (χ1v) is 6.68. The molecule has 0 saturated heterocycles. The van der Waals surface area contributed by atoms with Crippen LogP contribution in [0.5, 0.6) is 0 Å². The molecule has 1 amide bonds. The van der Waals surface area contributed by atoms with E-state index in [1.165, 1.54) is 0 Å². The minimum atomic E-state index is -0.0524. The molecule has 0 unspecified atom stereocenters. The van der Waals surface area contributed by atoms with Crippen LogP contribution in [0, 0.1) is 19.3 Å². The van der Waals surface area contributed by atoms with Gasteiger partial charge in [0.2, 0.25) is 5.91 Å². The van der Waals surface area contributed by atoms with Gasteiger partial charge in [0, 0.05) is 6.42 Å². The molecule has 2 aromatic rings. The summed E-state index contributed by atoms with van der Waals surface area (Å²) in [6, 6.07) is 3.73. The molecule has 5 nitrogen and oxygen atoms in total. The second-order valence-corrected chi connectivity index (χ2v) is 6.27. The summed E-state index contributed by atoms with van der Waals surface area (Å²) in [6.07, 6.45) is 0.453. The highest BCUT2D eigenvalue weighted by molar-refractivity contribution is 5.95. The minimum Gasteiger partial charge on any atom is -0.460 e. The van der Waals surface area contributed by atoms with E-state index in [4.69, 9.17) is 4.42 Å². The lowest BCUT2D eigenvalue weighted by atomic mass is 9.92. The lowest BCUT2D eigenvalue weighted by Crippen LogP contribution is -2.20. The molecule has 0 aliphatic carbocycles. The van der Waals surface area contributed by atoms with Gasteiger partial charge in [-0.25, -0.2) is 0 Å². The molecular weight excluding hydrogens is 254 g/mol. The Balaban J connectivity index is 2.24. The highest BCUT2D eigenvalue weighted by atomic mass is 16.3. The lowest BCUT2D eigenvalue weighted by Gasteiger charge is -2.17. The molecule has 0 bridgehead atoms. The number of H-pyrrole nitrogens is 1. The van der Waals surface area contributed by atoms with Crippen LogP contribution in [0.15, 0.2) is 16.5 Å². The molecule has 0 fully saturated rings. The van der Waals surface area contributed by atoms with Gasteiger partial charge in [-0.15, -0.1) is 0 Å². The van der Waals surface area contributed by atoms with Crippen molar-refractivity contribution >= 4 is 11.6 Å². The maximum Gasteiger partial charge on any atom is 0.225 e. The highest BCUT2D eigenvalue weighted by Gasteiger charge is 2.20. The van der Waals surface area contributed by atoms with Crippen LogP contribution < -0.4 is 5.32 Å². The lowest BCUT2D eigenvalue weighted by molar-refractivity contribution is -0.117. The first-order chi connectivity index (χ1) is 9.26.